The maximum Gasteiger partial charge on any atom is 0.337 e. The monoisotopic (exact) mass is 328 g/mol. The molecule has 0 saturated carbocycles. The first-order valence-electron chi connectivity index (χ1n) is 6.69. The number of esters is 1. The molecule has 2 N–H and O–H groups in total. The van der Waals surface area contributed by atoms with E-state index in [0.29, 0.717) is 22.8 Å². The molecule has 0 atom stereocenters. The normalized spacial score (nSPS) is 15.4. The smallest absolute Gasteiger partial charge is 0.337 e. The summed E-state index contributed by atoms with van der Waals surface area (Å²) in [6.45, 7) is 0. The minimum atomic E-state index is -0.393. The predicted molar refractivity (Wildman–Crippen MR) is 87.3 cm³/mol. The van der Waals surface area contributed by atoms with Crippen molar-refractivity contribution in [3.63, 3.8) is 0 Å². The number of carbonyl (C=O) groups excluding carboxylic acids is 2. The van der Waals surface area contributed by atoms with Gasteiger partial charge in [-0.3, -0.25) is 10.1 Å². The van der Waals surface area contributed by atoms with Gasteiger partial charge in [0, 0.05) is 11.6 Å². The number of hydrogen-bond donors (Lipinski definition) is 2. The molecule has 1 aromatic heterocycles. The van der Waals surface area contributed by atoms with Crippen LogP contribution in [0.2, 0.25) is 0 Å². The molecule has 2 aromatic rings. The van der Waals surface area contributed by atoms with E-state index in [4.69, 9.17) is 16.6 Å². The molecule has 0 radical (unpaired) electrons. The fraction of sp³-hybridized carbons (Fsp3) is 0.0625. The summed E-state index contributed by atoms with van der Waals surface area (Å²) >= 11 is 4.86. The summed E-state index contributed by atoms with van der Waals surface area (Å²) in [4.78, 5) is 23.0. The second-order valence-corrected chi connectivity index (χ2v) is 5.15. The number of rotatable bonds is 3. The highest BCUT2D eigenvalue weighted by Crippen LogP contribution is 2.24. The zero-order valence-electron chi connectivity index (χ0n) is 12.1. The minimum absolute atomic E-state index is 0.270. The van der Waals surface area contributed by atoms with E-state index < -0.39 is 5.97 Å². The lowest BCUT2D eigenvalue weighted by Crippen LogP contribution is -2.21. The van der Waals surface area contributed by atoms with Gasteiger partial charge in [-0.25, -0.2) is 4.79 Å². The molecule has 0 unspecified atom stereocenters. The quantitative estimate of drug-likeness (QED) is 0.510. The van der Waals surface area contributed by atoms with E-state index in [1.165, 1.54) is 7.11 Å². The van der Waals surface area contributed by atoms with E-state index in [2.05, 4.69) is 15.4 Å². The van der Waals surface area contributed by atoms with Crippen LogP contribution in [0.1, 0.15) is 16.1 Å². The second kappa shape index (κ2) is 6.05. The van der Waals surface area contributed by atoms with Crippen LogP contribution in [0.15, 0.2) is 46.5 Å². The van der Waals surface area contributed by atoms with Crippen molar-refractivity contribution in [1.82, 2.24) is 10.6 Å². The molecule has 6 nitrogen and oxygen atoms in total. The summed E-state index contributed by atoms with van der Waals surface area (Å²) in [5, 5.41) is 5.49. The van der Waals surface area contributed by atoms with Crippen molar-refractivity contribution in [2.75, 3.05) is 7.11 Å². The van der Waals surface area contributed by atoms with Crippen LogP contribution in [0.3, 0.4) is 0 Å². The van der Waals surface area contributed by atoms with E-state index in [-0.39, 0.29) is 11.0 Å². The molecular formula is C16H12N2O4S. The average Bonchev–Trinajstić information content (AvgIpc) is 3.14. The lowest BCUT2D eigenvalue weighted by Gasteiger charge is -2.00. The molecule has 0 aliphatic carbocycles. The van der Waals surface area contributed by atoms with Crippen LogP contribution in [0, 0.1) is 0 Å². The van der Waals surface area contributed by atoms with Gasteiger partial charge < -0.3 is 14.5 Å². The number of furan rings is 1. The molecular weight excluding hydrogens is 316 g/mol. The highest BCUT2D eigenvalue weighted by Gasteiger charge is 2.20. The fourth-order valence-corrected chi connectivity index (χ4v) is 2.30. The maximum absolute atomic E-state index is 11.6. The average molecular weight is 328 g/mol. The van der Waals surface area contributed by atoms with Crippen LogP contribution in [0.4, 0.5) is 0 Å². The first kappa shape index (κ1) is 15.0. The van der Waals surface area contributed by atoms with Crippen molar-refractivity contribution in [2.24, 2.45) is 0 Å². The Bertz CT molecular complexity index is 821. The summed E-state index contributed by atoms with van der Waals surface area (Å²) in [5.41, 5.74) is 1.60. The first-order chi connectivity index (χ1) is 11.1. The standard InChI is InChI=1S/C16H12N2O4S/c1-21-15(20)10-4-2-9(3-5-10)13-7-6-11(22-13)8-12-14(19)18-16(23)17-12/h2-8H,1H3,(H2,17,18,19,23)/b12-8+. The van der Waals surface area contributed by atoms with Crippen molar-refractivity contribution in [2.45, 2.75) is 0 Å². The molecule has 2 heterocycles. The molecule has 1 aliphatic heterocycles. The van der Waals surface area contributed by atoms with Crippen LogP contribution in [0.25, 0.3) is 17.4 Å². The molecule has 1 fully saturated rings. The van der Waals surface area contributed by atoms with Gasteiger partial charge in [-0.05, 0) is 36.5 Å². The summed E-state index contributed by atoms with van der Waals surface area (Å²) in [6, 6.07) is 10.4. The largest absolute Gasteiger partial charge is 0.465 e. The van der Waals surface area contributed by atoms with Gasteiger partial charge in [-0.2, -0.15) is 0 Å². The Morgan fingerprint density at radius 3 is 2.52 bits per heavy atom. The number of hydrogen-bond acceptors (Lipinski definition) is 5. The Morgan fingerprint density at radius 2 is 1.91 bits per heavy atom. The minimum Gasteiger partial charge on any atom is -0.465 e. The predicted octanol–water partition coefficient (Wildman–Crippen LogP) is 2.08. The molecule has 1 aromatic carbocycles. The molecule has 1 aliphatic rings. The van der Waals surface area contributed by atoms with Crippen molar-refractivity contribution in [3.05, 3.63) is 53.4 Å². The van der Waals surface area contributed by atoms with Gasteiger partial charge in [0.15, 0.2) is 5.11 Å². The fourth-order valence-electron chi connectivity index (χ4n) is 2.10. The Labute approximate surface area is 137 Å². The van der Waals surface area contributed by atoms with Gasteiger partial charge in [0.25, 0.3) is 5.91 Å². The van der Waals surface area contributed by atoms with Crippen molar-refractivity contribution in [1.29, 1.82) is 0 Å². The van der Waals surface area contributed by atoms with Crippen molar-refractivity contribution >= 4 is 35.3 Å². The van der Waals surface area contributed by atoms with Crippen molar-refractivity contribution in [3.8, 4) is 11.3 Å². The number of nitrogens with one attached hydrogen (secondary N) is 2. The van der Waals surface area contributed by atoms with E-state index >= 15 is 0 Å². The number of methoxy groups -OCH3 is 1. The first-order valence-corrected chi connectivity index (χ1v) is 7.10. The highest BCUT2D eigenvalue weighted by molar-refractivity contribution is 7.80. The summed E-state index contributed by atoms with van der Waals surface area (Å²) < 4.78 is 10.3. The van der Waals surface area contributed by atoms with E-state index in [1.807, 2.05) is 0 Å². The lowest BCUT2D eigenvalue weighted by molar-refractivity contribution is -0.115. The third-order valence-electron chi connectivity index (χ3n) is 3.22. The third kappa shape index (κ3) is 3.14. The molecule has 23 heavy (non-hydrogen) atoms. The summed E-state index contributed by atoms with van der Waals surface area (Å²) in [7, 11) is 1.33. The van der Waals surface area contributed by atoms with Gasteiger partial charge >= 0.3 is 5.97 Å². The van der Waals surface area contributed by atoms with Crippen molar-refractivity contribution < 1.29 is 18.7 Å². The third-order valence-corrected chi connectivity index (χ3v) is 3.43. The molecule has 3 rings (SSSR count). The number of ether oxygens (including phenoxy) is 1. The summed E-state index contributed by atoms with van der Waals surface area (Å²) in [5.74, 6) is 0.444. The van der Waals surface area contributed by atoms with Crippen LogP contribution in [0.5, 0.6) is 0 Å². The number of amides is 1. The number of carbonyl (C=O) groups is 2. The topological polar surface area (TPSA) is 80.6 Å². The van der Waals surface area contributed by atoms with Crippen LogP contribution in [-0.2, 0) is 9.53 Å². The van der Waals surface area contributed by atoms with Crippen LogP contribution >= 0.6 is 12.2 Å². The van der Waals surface area contributed by atoms with E-state index in [0.717, 1.165) is 5.56 Å². The van der Waals surface area contributed by atoms with Crippen LogP contribution < -0.4 is 10.6 Å². The number of thiocarbonyl (C=S) groups is 1. The Balaban J connectivity index is 1.82. The van der Waals surface area contributed by atoms with Gasteiger partial charge in [0.05, 0.1) is 12.7 Å². The Morgan fingerprint density at radius 1 is 1.17 bits per heavy atom. The molecule has 1 saturated heterocycles. The molecule has 7 heteroatoms. The Kier molecular flexibility index (Phi) is 3.94. The van der Waals surface area contributed by atoms with E-state index in [9.17, 15) is 9.59 Å². The zero-order valence-corrected chi connectivity index (χ0v) is 12.9. The van der Waals surface area contributed by atoms with Gasteiger partial charge in [0.1, 0.15) is 17.2 Å². The number of benzene rings is 1. The van der Waals surface area contributed by atoms with Crippen LogP contribution in [-0.4, -0.2) is 24.1 Å². The molecule has 0 bridgehead atoms. The SMILES string of the molecule is COC(=O)c1ccc(-c2ccc(/C=C3/NC(=S)NC3=O)o2)cc1. The Hall–Kier alpha value is -2.93. The summed E-state index contributed by atoms with van der Waals surface area (Å²) in [6.07, 6.45) is 1.57. The van der Waals surface area contributed by atoms with Gasteiger partial charge in [-0.1, -0.05) is 12.1 Å². The van der Waals surface area contributed by atoms with E-state index in [1.54, 1.807) is 42.5 Å². The highest BCUT2D eigenvalue weighted by atomic mass is 32.1. The molecule has 0 spiro atoms. The zero-order chi connectivity index (χ0) is 16.4. The second-order valence-electron chi connectivity index (χ2n) is 4.74. The molecule has 1 amide bonds. The molecule has 116 valence electrons. The maximum atomic E-state index is 11.6. The van der Waals surface area contributed by atoms with Gasteiger partial charge in [-0.15, -0.1) is 0 Å². The van der Waals surface area contributed by atoms with Gasteiger partial charge in [0.2, 0.25) is 0 Å². The lowest BCUT2D eigenvalue weighted by atomic mass is 10.1.